The Balaban J connectivity index is 2.36. The summed E-state index contributed by atoms with van der Waals surface area (Å²) in [6.07, 6.45) is 0.549. The van der Waals surface area contributed by atoms with E-state index >= 15 is 0 Å². The Morgan fingerprint density at radius 2 is 1.71 bits per heavy atom. The van der Waals surface area contributed by atoms with Gasteiger partial charge in [-0.05, 0) is 31.0 Å². The Hall–Kier alpha value is -2.03. The minimum atomic E-state index is -0.382. The number of rotatable bonds is 2. The highest BCUT2D eigenvalue weighted by atomic mass is 16.5. The minimum Gasteiger partial charge on any atom is -0.425 e. The highest BCUT2D eigenvalue weighted by molar-refractivity contribution is 5.27. The first kappa shape index (κ1) is 11.5. The Labute approximate surface area is 99.9 Å². The van der Waals surface area contributed by atoms with Crippen molar-refractivity contribution >= 4 is 0 Å². The summed E-state index contributed by atoms with van der Waals surface area (Å²) < 4.78 is 0.715. The monoisotopic (exact) mass is 229 g/mol. The van der Waals surface area contributed by atoms with Gasteiger partial charge >= 0.3 is 0 Å². The van der Waals surface area contributed by atoms with E-state index in [1.165, 1.54) is 11.6 Å². The molecule has 0 saturated carbocycles. The van der Waals surface area contributed by atoms with E-state index in [0.717, 1.165) is 11.1 Å². The van der Waals surface area contributed by atoms with Crippen molar-refractivity contribution in [2.24, 2.45) is 0 Å². The fourth-order valence-corrected chi connectivity index (χ4v) is 1.80. The molecule has 17 heavy (non-hydrogen) atoms. The molecular weight excluding hydrogens is 214 g/mol. The van der Waals surface area contributed by atoms with Gasteiger partial charge in [0.05, 0.1) is 5.69 Å². The van der Waals surface area contributed by atoms with Crippen molar-refractivity contribution in [2.75, 3.05) is 0 Å². The van der Waals surface area contributed by atoms with E-state index < -0.39 is 0 Å². The molecular formula is C14H15NO2. The summed E-state index contributed by atoms with van der Waals surface area (Å²) in [5, 5.41) is 9.64. The van der Waals surface area contributed by atoms with Gasteiger partial charge in [-0.3, -0.25) is 4.79 Å². The molecule has 88 valence electrons. The molecule has 0 radical (unpaired) electrons. The molecule has 1 N–H and O–H groups in total. The standard InChI is InChI=1S/C14H15NO2/c1-10-3-5-12(6-4-10)9-13-7-11(2)8-14(16)15(13)17/h3-8,17H,9H2,1-2H3. The molecule has 0 aliphatic heterocycles. The molecule has 0 saturated heterocycles. The van der Waals surface area contributed by atoms with Gasteiger partial charge in [0.2, 0.25) is 0 Å². The molecule has 0 bridgehead atoms. The Bertz CT molecular complexity index is 582. The number of nitrogens with zero attached hydrogens (tertiary/aromatic N) is 1. The lowest BCUT2D eigenvalue weighted by molar-refractivity contribution is 0.166. The summed E-state index contributed by atoms with van der Waals surface area (Å²) in [5.41, 5.74) is 3.36. The highest BCUT2D eigenvalue weighted by Crippen LogP contribution is 2.10. The van der Waals surface area contributed by atoms with Crippen LogP contribution in [0, 0.1) is 13.8 Å². The maximum Gasteiger partial charge on any atom is 0.283 e. The number of hydrogen-bond acceptors (Lipinski definition) is 2. The lowest BCUT2D eigenvalue weighted by Gasteiger charge is -2.07. The summed E-state index contributed by atoms with van der Waals surface area (Å²) in [6, 6.07) is 11.3. The summed E-state index contributed by atoms with van der Waals surface area (Å²) in [6.45, 7) is 3.87. The normalized spacial score (nSPS) is 10.5. The number of aryl methyl sites for hydroxylation is 2. The molecule has 1 aromatic carbocycles. The van der Waals surface area contributed by atoms with Crippen molar-refractivity contribution in [3.63, 3.8) is 0 Å². The van der Waals surface area contributed by atoms with E-state index in [9.17, 15) is 10.0 Å². The molecule has 2 rings (SSSR count). The molecule has 0 aliphatic carbocycles. The molecule has 3 nitrogen and oxygen atoms in total. The molecule has 0 unspecified atom stereocenters. The second kappa shape index (κ2) is 4.45. The zero-order chi connectivity index (χ0) is 12.4. The molecule has 0 spiro atoms. The number of benzene rings is 1. The number of pyridine rings is 1. The second-order valence-corrected chi connectivity index (χ2v) is 4.34. The van der Waals surface area contributed by atoms with Crippen molar-refractivity contribution in [3.05, 3.63) is 69.1 Å². The van der Waals surface area contributed by atoms with Gasteiger partial charge in [-0.2, -0.15) is 4.73 Å². The van der Waals surface area contributed by atoms with Gasteiger partial charge in [0.15, 0.2) is 0 Å². The van der Waals surface area contributed by atoms with Gasteiger partial charge in [-0.25, -0.2) is 0 Å². The van der Waals surface area contributed by atoms with Crippen LogP contribution in [0.5, 0.6) is 0 Å². The van der Waals surface area contributed by atoms with Crippen LogP contribution in [0.1, 0.15) is 22.4 Å². The zero-order valence-corrected chi connectivity index (χ0v) is 9.97. The first-order chi connectivity index (χ1) is 8.06. The van der Waals surface area contributed by atoms with Crippen LogP contribution in [0.15, 0.2) is 41.2 Å². The number of aromatic nitrogens is 1. The third-order valence-corrected chi connectivity index (χ3v) is 2.73. The quantitative estimate of drug-likeness (QED) is 0.803. The average molecular weight is 229 g/mol. The summed E-state index contributed by atoms with van der Waals surface area (Å²) in [5.74, 6) is 0. The van der Waals surface area contributed by atoms with Gasteiger partial charge < -0.3 is 5.21 Å². The Morgan fingerprint density at radius 3 is 2.35 bits per heavy atom. The van der Waals surface area contributed by atoms with Crippen LogP contribution in [-0.4, -0.2) is 9.94 Å². The van der Waals surface area contributed by atoms with E-state index in [-0.39, 0.29) is 5.56 Å². The lowest BCUT2D eigenvalue weighted by Crippen LogP contribution is -2.21. The van der Waals surface area contributed by atoms with E-state index in [1.54, 1.807) is 0 Å². The van der Waals surface area contributed by atoms with E-state index in [0.29, 0.717) is 16.8 Å². The molecule has 1 aromatic heterocycles. The smallest absolute Gasteiger partial charge is 0.283 e. The second-order valence-electron chi connectivity index (χ2n) is 4.34. The Morgan fingerprint density at radius 1 is 1.06 bits per heavy atom. The molecule has 0 fully saturated rings. The fraction of sp³-hybridized carbons (Fsp3) is 0.214. The largest absolute Gasteiger partial charge is 0.425 e. The van der Waals surface area contributed by atoms with Gasteiger partial charge in [-0.15, -0.1) is 0 Å². The van der Waals surface area contributed by atoms with Crippen molar-refractivity contribution in [2.45, 2.75) is 20.3 Å². The van der Waals surface area contributed by atoms with E-state index in [1.807, 2.05) is 44.2 Å². The lowest BCUT2D eigenvalue weighted by atomic mass is 10.1. The van der Waals surface area contributed by atoms with Crippen LogP contribution in [0.3, 0.4) is 0 Å². The van der Waals surface area contributed by atoms with Gasteiger partial charge in [0, 0.05) is 12.5 Å². The Kier molecular flexibility index (Phi) is 3.00. The summed E-state index contributed by atoms with van der Waals surface area (Å²) in [7, 11) is 0. The molecule has 1 heterocycles. The first-order valence-electron chi connectivity index (χ1n) is 5.53. The highest BCUT2D eigenvalue weighted by Gasteiger charge is 2.04. The van der Waals surface area contributed by atoms with Crippen LogP contribution in [0.2, 0.25) is 0 Å². The topological polar surface area (TPSA) is 42.2 Å². The van der Waals surface area contributed by atoms with Gasteiger partial charge in [-0.1, -0.05) is 29.8 Å². The van der Waals surface area contributed by atoms with Gasteiger partial charge in [0.1, 0.15) is 0 Å². The van der Waals surface area contributed by atoms with E-state index in [2.05, 4.69) is 0 Å². The molecule has 2 aromatic rings. The van der Waals surface area contributed by atoms with Crippen LogP contribution < -0.4 is 5.56 Å². The molecule has 0 aliphatic rings. The summed E-state index contributed by atoms with van der Waals surface area (Å²) in [4.78, 5) is 11.4. The SMILES string of the molecule is Cc1ccc(Cc2cc(C)cc(=O)n2O)cc1. The molecule has 0 amide bonds. The van der Waals surface area contributed by atoms with Gasteiger partial charge in [0.25, 0.3) is 5.56 Å². The van der Waals surface area contributed by atoms with Crippen LogP contribution >= 0.6 is 0 Å². The third kappa shape index (κ3) is 2.56. The zero-order valence-electron chi connectivity index (χ0n) is 9.97. The third-order valence-electron chi connectivity index (χ3n) is 2.73. The van der Waals surface area contributed by atoms with Crippen LogP contribution in [0.4, 0.5) is 0 Å². The summed E-state index contributed by atoms with van der Waals surface area (Å²) >= 11 is 0. The molecule has 3 heteroatoms. The average Bonchev–Trinajstić information content (AvgIpc) is 2.28. The molecule has 0 atom stereocenters. The van der Waals surface area contributed by atoms with Crippen molar-refractivity contribution in [1.29, 1.82) is 0 Å². The van der Waals surface area contributed by atoms with Crippen LogP contribution in [0.25, 0.3) is 0 Å². The number of hydrogen-bond donors (Lipinski definition) is 1. The van der Waals surface area contributed by atoms with Crippen molar-refractivity contribution in [3.8, 4) is 0 Å². The van der Waals surface area contributed by atoms with Crippen molar-refractivity contribution in [1.82, 2.24) is 4.73 Å². The maximum atomic E-state index is 11.4. The predicted octanol–water partition coefficient (Wildman–Crippen LogP) is 2.29. The van der Waals surface area contributed by atoms with E-state index in [4.69, 9.17) is 0 Å². The van der Waals surface area contributed by atoms with Crippen molar-refractivity contribution < 1.29 is 5.21 Å². The maximum absolute atomic E-state index is 11.4. The first-order valence-corrected chi connectivity index (χ1v) is 5.53. The van der Waals surface area contributed by atoms with Crippen LogP contribution in [-0.2, 0) is 6.42 Å². The fourth-order valence-electron chi connectivity index (χ4n) is 1.80. The predicted molar refractivity (Wildman–Crippen MR) is 66.6 cm³/mol. The minimum absolute atomic E-state index is 0.382.